The highest BCUT2D eigenvalue weighted by Gasteiger charge is 2.20. The molecule has 0 aliphatic carbocycles. The minimum absolute atomic E-state index is 0.305. The first-order valence-electron chi connectivity index (χ1n) is 8.21. The van der Waals surface area contributed by atoms with Gasteiger partial charge in [0, 0.05) is 29.6 Å². The lowest BCUT2D eigenvalue weighted by molar-refractivity contribution is -0.113. The topological polar surface area (TPSA) is 81.1 Å². The third-order valence-electron chi connectivity index (χ3n) is 3.83. The number of rotatable bonds is 7. The molecule has 0 fully saturated rings. The van der Waals surface area contributed by atoms with E-state index in [0.29, 0.717) is 23.1 Å². The normalized spacial score (nSPS) is 11.3. The van der Waals surface area contributed by atoms with Crippen molar-refractivity contribution in [1.82, 2.24) is 9.55 Å². The summed E-state index contributed by atoms with van der Waals surface area (Å²) in [6.07, 6.45) is 3.28. The van der Waals surface area contributed by atoms with Crippen molar-refractivity contribution < 1.29 is 13.2 Å². The summed E-state index contributed by atoms with van der Waals surface area (Å²) in [5.41, 5.74) is 1.53. The van der Waals surface area contributed by atoms with Crippen LogP contribution in [0.1, 0.15) is 11.4 Å². The van der Waals surface area contributed by atoms with Crippen molar-refractivity contribution >= 4 is 33.0 Å². The van der Waals surface area contributed by atoms with Crippen LogP contribution in [0.25, 0.3) is 0 Å². The number of hydrogen-bond acceptors (Lipinski definition) is 4. The molecule has 0 radical (unpaired) electrons. The number of nitrogens with zero attached hydrogens (tertiary/aromatic N) is 2. The first-order chi connectivity index (χ1) is 12.9. The predicted octanol–water partition coefficient (Wildman–Crippen LogP) is 3.14. The Balaban J connectivity index is 1.64. The number of halogens is 1. The molecule has 1 aromatic heterocycles. The Hall–Kier alpha value is -2.64. The molecule has 27 heavy (non-hydrogen) atoms. The highest BCUT2D eigenvalue weighted by atomic mass is 35.5. The fraction of sp³-hybridized carbons (Fsp3) is 0.158. The van der Waals surface area contributed by atoms with Gasteiger partial charge in [-0.15, -0.1) is 0 Å². The van der Waals surface area contributed by atoms with E-state index in [2.05, 4.69) is 10.3 Å². The average molecular weight is 404 g/mol. The van der Waals surface area contributed by atoms with Gasteiger partial charge in [0.1, 0.15) is 17.3 Å². The van der Waals surface area contributed by atoms with Crippen LogP contribution in [0.2, 0.25) is 5.02 Å². The van der Waals surface area contributed by atoms with Crippen LogP contribution < -0.4 is 5.32 Å². The van der Waals surface area contributed by atoms with Gasteiger partial charge in [-0.05, 0) is 29.8 Å². The van der Waals surface area contributed by atoms with Gasteiger partial charge in [0.2, 0.25) is 5.91 Å². The van der Waals surface area contributed by atoms with Gasteiger partial charge in [0.15, 0.2) is 9.84 Å². The smallest absolute Gasteiger partial charge is 0.239 e. The molecule has 1 amide bonds. The van der Waals surface area contributed by atoms with Crippen molar-refractivity contribution in [2.24, 2.45) is 0 Å². The molecular formula is C19H18ClN3O3S. The Morgan fingerprint density at radius 1 is 1.07 bits per heavy atom. The minimum atomic E-state index is -3.67. The molecule has 3 rings (SSSR count). The van der Waals surface area contributed by atoms with E-state index >= 15 is 0 Å². The molecule has 0 saturated carbocycles. The van der Waals surface area contributed by atoms with Crippen molar-refractivity contribution in [3.8, 4) is 0 Å². The maximum absolute atomic E-state index is 12.4. The summed E-state index contributed by atoms with van der Waals surface area (Å²) in [4.78, 5) is 16.2. The van der Waals surface area contributed by atoms with Gasteiger partial charge in [-0.1, -0.05) is 41.9 Å². The zero-order valence-corrected chi connectivity index (χ0v) is 15.9. The maximum atomic E-state index is 12.4. The van der Waals surface area contributed by atoms with Crippen molar-refractivity contribution in [2.45, 2.75) is 12.3 Å². The van der Waals surface area contributed by atoms with Crippen LogP contribution in [0.5, 0.6) is 0 Å². The molecule has 8 heteroatoms. The van der Waals surface area contributed by atoms with Crippen LogP contribution in [0.4, 0.5) is 5.69 Å². The number of sulfone groups is 1. The number of imidazole rings is 1. The van der Waals surface area contributed by atoms with Crippen LogP contribution in [-0.4, -0.2) is 29.6 Å². The summed E-state index contributed by atoms with van der Waals surface area (Å²) in [6.45, 7) is 0.517. The molecule has 6 nitrogen and oxygen atoms in total. The van der Waals surface area contributed by atoms with Gasteiger partial charge in [-0.25, -0.2) is 13.4 Å². The number of carbonyl (C=O) groups excluding carboxylic acids is 1. The Morgan fingerprint density at radius 3 is 2.48 bits per heavy atom. The number of benzene rings is 2. The van der Waals surface area contributed by atoms with Crippen molar-refractivity contribution in [3.05, 3.63) is 83.4 Å². The van der Waals surface area contributed by atoms with E-state index in [0.717, 1.165) is 5.56 Å². The largest absolute Gasteiger partial charge is 0.330 e. The van der Waals surface area contributed by atoms with Gasteiger partial charge in [0.25, 0.3) is 0 Å². The van der Waals surface area contributed by atoms with Gasteiger partial charge in [0.05, 0.1) is 0 Å². The summed E-state index contributed by atoms with van der Waals surface area (Å²) >= 11 is 5.79. The Bertz CT molecular complexity index is 1020. The molecule has 0 spiro atoms. The second-order valence-electron chi connectivity index (χ2n) is 6.04. The van der Waals surface area contributed by atoms with Crippen LogP contribution >= 0.6 is 11.6 Å². The lowest BCUT2D eigenvalue weighted by Crippen LogP contribution is -2.25. The van der Waals surface area contributed by atoms with E-state index in [1.54, 1.807) is 41.2 Å². The van der Waals surface area contributed by atoms with Crippen molar-refractivity contribution in [1.29, 1.82) is 0 Å². The van der Waals surface area contributed by atoms with Crippen molar-refractivity contribution in [3.63, 3.8) is 0 Å². The lowest BCUT2D eigenvalue weighted by Gasteiger charge is -2.09. The van der Waals surface area contributed by atoms with E-state index in [-0.39, 0.29) is 5.75 Å². The Kier molecular flexibility index (Phi) is 5.93. The summed E-state index contributed by atoms with van der Waals surface area (Å²) in [5.74, 6) is -1.12. The van der Waals surface area contributed by atoms with E-state index in [4.69, 9.17) is 11.6 Å². The molecule has 2 aromatic carbocycles. The predicted molar refractivity (Wildman–Crippen MR) is 105 cm³/mol. The first-order valence-corrected chi connectivity index (χ1v) is 10.4. The molecule has 0 aliphatic heterocycles. The number of anilines is 1. The molecule has 0 saturated heterocycles. The molecule has 0 atom stereocenters. The second-order valence-corrected chi connectivity index (χ2v) is 8.55. The SMILES string of the molecule is O=C(CS(=O)(=O)Cc1nccn1Cc1ccccc1)Nc1ccc(Cl)cc1. The zero-order chi connectivity index (χ0) is 19.3. The summed E-state index contributed by atoms with van der Waals surface area (Å²) in [5, 5.41) is 3.09. The number of nitrogens with one attached hydrogen (secondary N) is 1. The Morgan fingerprint density at radius 2 is 1.78 bits per heavy atom. The minimum Gasteiger partial charge on any atom is -0.330 e. The summed E-state index contributed by atoms with van der Waals surface area (Å²) in [7, 11) is -3.67. The summed E-state index contributed by atoms with van der Waals surface area (Å²) in [6, 6.07) is 16.1. The van der Waals surface area contributed by atoms with Gasteiger partial charge >= 0.3 is 0 Å². The number of aromatic nitrogens is 2. The lowest BCUT2D eigenvalue weighted by atomic mass is 10.2. The summed E-state index contributed by atoms with van der Waals surface area (Å²) < 4.78 is 26.6. The van der Waals surface area contributed by atoms with Crippen LogP contribution in [0.15, 0.2) is 67.0 Å². The fourth-order valence-electron chi connectivity index (χ4n) is 2.58. The van der Waals surface area contributed by atoms with Crippen molar-refractivity contribution in [2.75, 3.05) is 11.1 Å². The highest BCUT2D eigenvalue weighted by Crippen LogP contribution is 2.14. The standard InChI is InChI=1S/C19H18ClN3O3S/c20-16-6-8-17(9-7-16)22-19(24)14-27(25,26)13-18-21-10-11-23(18)12-15-4-2-1-3-5-15/h1-11H,12-14H2,(H,22,24). The van der Waals surface area contributed by atoms with Crippen LogP contribution in [-0.2, 0) is 26.9 Å². The third kappa shape index (κ3) is 5.67. The van der Waals surface area contributed by atoms with E-state index in [1.807, 2.05) is 30.3 Å². The quantitative estimate of drug-likeness (QED) is 0.657. The van der Waals surface area contributed by atoms with E-state index in [9.17, 15) is 13.2 Å². The average Bonchev–Trinajstić information content (AvgIpc) is 3.03. The molecule has 140 valence electrons. The number of carbonyl (C=O) groups is 1. The molecular weight excluding hydrogens is 386 g/mol. The molecule has 0 unspecified atom stereocenters. The second kappa shape index (κ2) is 8.37. The van der Waals surface area contributed by atoms with Gasteiger partial charge < -0.3 is 9.88 Å². The molecule has 1 heterocycles. The van der Waals surface area contributed by atoms with Gasteiger partial charge in [-0.3, -0.25) is 4.79 Å². The monoisotopic (exact) mass is 403 g/mol. The fourth-order valence-corrected chi connectivity index (χ4v) is 3.92. The molecule has 1 N–H and O–H groups in total. The van der Waals surface area contributed by atoms with Gasteiger partial charge in [-0.2, -0.15) is 0 Å². The van der Waals surface area contributed by atoms with Crippen LogP contribution in [0.3, 0.4) is 0 Å². The molecule has 3 aromatic rings. The molecule has 0 aliphatic rings. The third-order valence-corrected chi connectivity index (χ3v) is 5.48. The van der Waals surface area contributed by atoms with E-state index < -0.39 is 21.5 Å². The molecule has 0 bridgehead atoms. The number of hydrogen-bond donors (Lipinski definition) is 1. The first kappa shape index (κ1) is 19.1. The highest BCUT2D eigenvalue weighted by molar-refractivity contribution is 7.91. The Labute approximate surface area is 162 Å². The zero-order valence-electron chi connectivity index (χ0n) is 14.4. The number of amides is 1. The van der Waals surface area contributed by atoms with E-state index in [1.165, 1.54) is 0 Å². The van der Waals surface area contributed by atoms with Crippen LogP contribution in [0, 0.1) is 0 Å². The maximum Gasteiger partial charge on any atom is 0.239 e.